The van der Waals surface area contributed by atoms with Crippen LogP contribution in [0, 0.1) is 16.7 Å². The van der Waals surface area contributed by atoms with Gasteiger partial charge in [-0.05, 0) is 57.5 Å². The lowest BCUT2D eigenvalue weighted by atomic mass is 9.86. The molecular weight excluding hydrogens is 234 g/mol. The molecule has 3 nitrogen and oxygen atoms in total. The molecule has 2 fully saturated rings. The second-order valence-corrected chi connectivity index (χ2v) is 7.19. The molecule has 0 spiro atoms. The molecule has 1 aliphatic heterocycles. The van der Waals surface area contributed by atoms with Crippen LogP contribution >= 0.6 is 0 Å². The van der Waals surface area contributed by atoms with Crippen LogP contribution in [0.25, 0.3) is 0 Å². The molecule has 2 rings (SSSR count). The van der Waals surface area contributed by atoms with E-state index < -0.39 is 0 Å². The Bertz CT molecular complexity index is 311. The van der Waals surface area contributed by atoms with Crippen LogP contribution < -0.4 is 5.73 Å². The second-order valence-electron chi connectivity index (χ2n) is 7.19. The third-order valence-electron chi connectivity index (χ3n) is 5.33. The van der Waals surface area contributed by atoms with E-state index in [4.69, 9.17) is 11.1 Å². The van der Waals surface area contributed by atoms with E-state index in [1.165, 1.54) is 58.0 Å². The largest absolute Gasteiger partial charge is 0.387 e. The molecule has 2 aliphatic rings. The lowest BCUT2D eigenvalue weighted by Crippen LogP contribution is -2.43. The van der Waals surface area contributed by atoms with Gasteiger partial charge in [0.15, 0.2) is 0 Å². The SMILES string of the molecule is CC(C)(CCCCN1CCCC2CCCC21)C(=N)N. The van der Waals surface area contributed by atoms with Crippen LogP contribution in [0.15, 0.2) is 0 Å². The summed E-state index contributed by atoms with van der Waals surface area (Å²) < 4.78 is 0. The van der Waals surface area contributed by atoms with Crippen molar-refractivity contribution in [2.75, 3.05) is 13.1 Å². The molecule has 2 unspecified atom stereocenters. The number of nitrogens with one attached hydrogen (secondary N) is 1. The van der Waals surface area contributed by atoms with E-state index in [0.717, 1.165) is 18.4 Å². The minimum Gasteiger partial charge on any atom is -0.387 e. The first-order chi connectivity index (χ1) is 9.00. The molecule has 0 aromatic rings. The van der Waals surface area contributed by atoms with Gasteiger partial charge in [-0.2, -0.15) is 0 Å². The first kappa shape index (κ1) is 14.8. The van der Waals surface area contributed by atoms with Gasteiger partial charge in [0, 0.05) is 11.5 Å². The summed E-state index contributed by atoms with van der Waals surface area (Å²) in [5, 5.41) is 7.59. The Kier molecular flexibility index (Phi) is 4.88. The maximum absolute atomic E-state index is 7.59. The van der Waals surface area contributed by atoms with Crippen LogP contribution in [0.1, 0.15) is 65.2 Å². The number of fused-ring (bicyclic) bond motifs is 1. The van der Waals surface area contributed by atoms with Crippen molar-refractivity contribution in [3.63, 3.8) is 0 Å². The maximum Gasteiger partial charge on any atom is 0.0963 e. The molecule has 1 aliphatic carbocycles. The number of likely N-dealkylation sites (tertiary alicyclic amines) is 1. The molecule has 2 atom stereocenters. The number of nitrogens with two attached hydrogens (primary N) is 1. The van der Waals surface area contributed by atoms with E-state index in [1.807, 2.05) is 0 Å². The Morgan fingerprint density at radius 2 is 1.95 bits per heavy atom. The fourth-order valence-corrected chi connectivity index (χ4v) is 3.85. The molecule has 0 amide bonds. The molecule has 0 aromatic carbocycles. The lowest BCUT2D eigenvalue weighted by molar-refractivity contribution is 0.110. The van der Waals surface area contributed by atoms with Gasteiger partial charge in [0.25, 0.3) is 0 Å². The molecule has 19 heavy (non-hydrogen) atoms. The van der Waals surface area contributed by atoms with Crippen LogP contribution in [0.2, 0.25) is 0 Å². The molecule has 3 N–H and O–H groups in total. The van der Waals surface area contributed by atoms with Gasteiger partial charge in [-0.25, -0.2) is 0 Å². The minimum atomic E-state index is -0.113. The fourth-order valence-electron chi connectivity index (χ4n) is 3.85. The Morgan fingerprint density at radius 3 is 2.68 bits per heavy atom. The van der Waals surface area contributed by atoms with E-state index in [0.29, 0.717) is 5.84 Å². The highest BCUT2D eigenvalue weighted by Crippen LogP contribution is 2.36. The smallest absolute Gasteiger partial charge is 0.0963 e. The maximum atomic E-state index is 7.59. The monoisotopic (exact) mass is 265 g/mol. The Morgan fingerprint density at radius 1 is 1.21 bits per heavy atom. The van der Waals surface area contributed by atoms with E-state index in [2.05, 4.69) is 18.7 Å². The summed E-state index contributed by atoms with van der Waals surface area (Å²) >= 11 is 0. The van der Waals surface area contributed by atoms with Crippen molar-refractivity contribution >= 4 is 5.84 Å². The average Bonchev–Trinajstić information content (AvgIpc) is 2.83. The van der Waals surface area contributed by atoms with E-state index in [-0.39, 0.29) is 5.41 Å². The summed E-state index contributed by atoms with van der Waals surface area (Å²) in [6.45, 7) is 6.75. The zero-order chi connectivity index (χ0) is 13.9. The number of nitrogens with zero attached hydrogens (tertiary/aromatic N) is 1. The van der Waals surface area contributed by atoms with Crippen LogP contribution in [0.5, 0.6) is 0 Å². The third-order valence-corrected chi connectivity index (χ3v) is 5.33. The predicted octanol–water partition coefficient (Wildman–Crippen LogP) is 3.38. The predicted molar refractivity (Wildman–Crippen MR) is 81.5 cm³/mol. The summed E-state index contributed by atoms with van der Waals surface area (Å²) in [5.41, 5.74) is 5.52. The van der Waals surface area contributed by atoms with Crippen LogP contribution in [0.4, 0.5) is 0 Å². The fraction of sp³-hybridized carbons (Fsp3) is 0.938. The van der Waals surface area contributed by atoms with Gasteiger partial charge in [-0.1, -0.05) is 26.7 Å². The van der Waals surface area contributed by atoms with Gasteiger partial charge < -0.3 is 10.6 Å². The van der Waals surface area contributed by atoms with Crippen molar-refractivity contribution < 1.29 is 0 Å². The topological polar surface area (TPSA) is 53.1 Å². The third kappa shape index (κ3) is 3.71. The van der Waals surface area contributed by atoms with Gasteiger partial charge in [0.2, 0.25) is 0 Å². The van der Waals surface area contributed by atoms with Gasteiger partial charge in [-0.15, -0.1) is 0 Å². The highest BCUT2D eigenvalue weighted by Gasteiger charge is 2.34. The summed E-state index contributed by atoms with van der Waals surface area (Å²) in [6, 6.07) is 0.898. The molecule has 1 saturated heterocycles. The summed E-state index contributed by atoms with van der Waals surface area (Å²) in [4.78, 5) is 2.75. The van der Waals surface area contributed by atoms with Gasteiger partial charge in [0.1, 0.15) is 0 Å². The summed E-state index contributed by atoms with van der Waals surface area (Å²) in [5.74, 6) is 1.34. The van der Waals surface area contributed by atoms with Crippen molar-refractivity contribution in [2.24, 2.45) is 17.1 Å². The van der Waals surface area contributed by atoms with Gasteiger partial charge in [0.05, 0.1) is 5.84 Å². The number of unbranched alkanes of at least 4 members (excludes halogenated alkanes) is 1. The van der Waals surface area contributed by atoms with Gasteiger partial charge in [-0.3, -0.25) is 5.41 Å². The number of piperidine rings is 1. The quantitative estimate of drug-likeness (QED) is 0.439. The van der Waals surface area contributed by atoms with Crippen molar-refractivity contribution in [3.8, 4) is 0 Å². The molecule has 1 heterocycles. The second kappa shape index (κ2) is 6.25. The van der Waals surface area contributed by atoms with Gasteiger partial charge >= 0.3 is 0 Å². The first-order valence-corrected chi connectivity index (χ1v) is 8.09. The van der Waals surface area contributed by atoms with Crippen molar-refractivity contribution in [1.82, 2.24) is 4.90 Å². The molecule has 0 radical (unpaired) electrons. The Hall–Kier alpha value is -0.570. The minimum absolute atomic E-state index is 0.113. The number of hydrogen-bond donors (Lipinski definition) is 2. The Balaban J connectivity index is 1.69. The molecule has 0 bridgehead atoms. The standard InChI is InChI=1S/C16H31N3/c1-16(2,15(17)18)10-3-4-11-19-12-6-8-13-7-5-9-14(13)19/h13-14H,3-12H2,1-2H3,(H3,17,18). The summed E-state index contributed by atoms with van der Waals surface area (Å²) in [6.07, 6.45) is 10.7. The number of amidine groups is 1. The number of rotatable bonds is 6. The Labute approximate surface area is 118 Å². The van der Waals surface area contributed by atoms with Crippen molar-refractivity contribution in [2.45, 2.75) is 71.3 Å². The van der Waals surface area contributed by atoms with E-state index in [1.54, 1.807) is 0 Å². The molecule has 1 saturated carbocycles. The van der Waals surface area contributed by atoms with Crippen LogP contribution in [-0.2, 0) is 0 Å². The average molecular weight is 265 g/mol. The highest BCUT2D eigenvalue weighted by atomic mass is 15.2. The lowest BCUT2D eigenvalue weighted by Gasteiger charge is -2.38. The number of hydrogen-bond acceptors (Lipinski definition) is 2. The molecular formula is C16H31N3. The molecule has 0 aromatic heterocycles. The first-order valence-electron chi connectivity index (χ1n) is 8.09. The zero-order valence-electron chi connectivity index (χ0n) is 12.8. The summed E-state index contributed by atoms with van der Waals surface area (Å²) in [7, 11) is 0. The molecule has 110 valence electrons. The normalized spacial score (nSPS) is 28.3. The van der Waals surface area contributed by atoms with Crippen LogP contribution in [0.3, 0.4) is 0 Å². The zero-order valence-corrected chi connectivity index (χ0v) is 12.8. The van der Waals surface area contributed by atoms with E-state index in [9.17, 15) is 0 Å². The van der Waals surface area contributed by atoms with Crippen molar-refractivity contribution in [3.05, 3.63) is 0 Å². The highest BCUT2D eigenvalue weighted by molar-refractivity contribution is 5.82. The van der Waals surface area contributed by atoms with Crippen molar-refractivity contribution in [1.29, 1.82) is 5.41 Å². The van der Waals surface area contributed by atoms with E-state index >= 15 is 0 Å². The van der Waals surface area contributed by atoms with Crippen LogP contribution in [-0.4, -0.2) is 29.9 Å². The molecule has 3 heteroatoms.